The monoisotopic (exact) mass is 471 g/mol. The summed E-state index contributed by atoms with van der Waals surface area (Å²) in [6.45, 7) is 3.45. The summed E-state index contributed by atoms with van der Waals surface area (Å²) in [4.78, 5) is 30.8. The Kier molecular flexibility index (Phi) is 9.44. The van der Waals surface area contributed by atoms with Gasteiger partial charge in [-0.3, -0.25) is 9.59 Å². The Labute approximate surface area is 201 Å². The second-order valence-electron chi connectivity index (χ2n) is 9.26. The van der Waals surface area contributed by atoms with Gasteiger partial charge in [0.1, 0.15) is 17.9 Å². The highest BCUT2D eigenvalue weighted by Crippen LogP contribution is 2.34. The summed E-state index contributed by atoms with van der Waals surface area (Å²) in [6, 6.07) is 7.72. The SMILES string of the molecule is CC(=O)NC1(c2noc(CCC(=O)NCc3ccc(OCCN(C)C)cc3)n2)CCCCCC1. The molecule has 0 bridgehead atoms. The molecule has 1 aliphatic carbocycles. The number of amides is 2. The van der Waals surface area contributed by atoms with Crippen molar-refractivity contribution in [1.82, 2.24) is 25.7 Å². The Bertz CT molecular complexity index is 918. The summed E-state index contributed by atoms with van der Waals surface area (Å²) in [5, 5.41) is 10.2. The molecule has 2 N–H and O–H groups in total. The van der Waals surface area contributed by atoms with E-state index in [4.69, 9.17) is 9.26 Å². The van der Waals surface area contributed by atoms with Crippen LogP contribution >= 0.6 is 0 Å². The minimum Gasteiger partial charge on any atom is -0.492 e. The fourth-order valence-corrected chi connectivity index (χ4v) is 4.18. The molecule has 0 radical (unpaired) electrons. The zero-order chi connectivity index (χ0) is 24.4. The van der Waals surface area contributed by atoms with Crippen molar-refractivity contribution in [2.24, 2.45) is 0 Å². The van der Waals surface area contributed by atoms with Gasteiger partial charge in [-0.2, -0.15) is 4.98 Å². The number of rotatable bonds is 11. The van der Waals surface area contributed by atoms with Crippen molar-refractivity contribution in [3.63, 3.8) is 0 Å². The van der Waals surface area contributed by atoms with Gasteiger partial charge < -0.3 is 24.8 Å². The first-order valence-corrected chi connectivity index (χ1v) is 12.1. The summed E-state index contributed by atoms with van der Waals surface area (Å²) >= 11 is 0. The van der Waals surface area contributed by atoms with E-state index in [0.717, 1.165) is 56.4 Å². The number of likely N-dealkylation sites (N-methyl/N-ethyl adjacent to an activating group) is 1. The number of hydrogen-bond acceptors (Lipinski definition) is 7. The number of carbonyl (C=O) groups excluding carboxylic acids is 2. The molecule has 9 heteroatoms. The van der Waals surface area contributed by atoms with Crippen LogP contribution in [-0.2, 0) is 28.1 Å². The average Bonchev–Trinajstić information content (AvgIpc) is 3.16. The molecule has 1 saturated carbocycles. The molecule has 3 rings (SSSR count). The fourth-order valence-electron chi connectivity index (χ4n) is 4.18. The van der Waals surface area contributed by atoms with E-state index in [1.54, 1.807) is 0 Å². The molecule has 2 aromatic rings. The Morgan fingerprint density at radius 3 is 2.47 bits per heavy atom. The second kappa shape index (κ2) is 12.5. The second-order valence-corrected chi connectivity index (χ2v) is 9.26. The maximum absolute atomic E-state index is 12.3. The molecule has 0 saturated heterocycles. The molecular formula is C25H37N5O4. The summed E-state index contributed by atoms with van der Waals surface area (Å²) in [6.07, 6.45) is 6.49. The zero-order valence-electron chi connectivity index (χ0n) is 20.6. The number of carbonyl (C=O) groups is 2. The minimum absolute atomic E-state index is 0.0860. The van der Waals surface area contributed by atoms with E-state index in [-0.39, 0.29) is 18.2 Å². The van der Waals surface area contributed by atoms with Gasteiger partial charge in [0.25, 0.3) is 0 Å². The van der Waals surface area contributed by atoms with Crippen molar-refractivity contribution in [2.45, 2.75) is 70.4 Å². The number of aryl methyl sites for hydroxylation is 1. The predicted molar refractivity (Wildman–Crippen MR) is 128 cm³/mol. The van der Waals surface area contributed by atoms with Crippen molar-refractivity contribution >= 4 is 11.8 Å². The first kappa shape index (κ1) is 25.7. The average molecular weight is 472 g/mol. The quantitative estimate of drug-likeness (QED) is 0.485. The summed E-state index contributed by atoms with van der Waals surface area (Å²) < 4.78 is 11.1. The maximum Gasteiger partial charge on any atom is 0.227 e. The molecule has 2 amide bonds. The van der Waals surface area contributed by atoms with Crippen LogP contribution in [-0.4, -0.2) is 54.1 Å². The number of nitrogens with one attached hydrogen (secondary N) is 2. The van der Waals surface area contributed by atoms with E-state index in [0.29, 0.717) is 31.3 Å². The Morgan fingerprint density at radius 1 is 1.12 bits per heavy atom. The van der Waals surface area contributed by atoms with Crippen LogP contribution in [0.5, 0.6) is 5.75 Å². The van der Waals surface area contributed by atoms with Crippen LogP contribution in [0.1, 0.15) is 69.1 Å². The molecule has 9 nitrogen and oxygen atoms in total. The smallest absolute Gasteiger partial charge is 0.227 e. The van der Waals surface area contributed by atoms with E-state index in [9.17, 15) is 9.59 Å². The van der Waals surface area contributed by atoms with Gasteiger partial charge in [0.15, 0.2) is 5.82 Å². The number of ether oxygens (including phenoxy) is 1. The molecule has 1 aliphatic rings. The molecule has 1 aromatic heterocycles. The van der Waals surface area contributed by atoms with Gasteiger partial charge >= 0.3 is 0 Å². The number of aromatic nitrogens is 2. The third-order valence-corrected chi connectivity index (χ3v) is 6.05. The van der Waals surface area contributed by atoms with Crippen LogP contribution in [0.15, 0.2) is 28.8 Å². The summed E-state index contributed by atoms with van der Waals surface area (Å²) in [5.41, 5.74) is 0.424. The molecular weight excluding hydrogens is 434 g/mol. The van der Waals surface area contributed by atoms with Crippen molar-refractivity contribution < 1.29 is 18.8 Å². The number of hydrogen-bond donors (Lipinski definition) is 2. The topological polar surface area (TPSA) is 110 Å². The molecule has 0 unspecified atom stereocenters. The molecule has 0 aliphatic heterocycles. The van der Waals surface area contributed by atoms with E-state index >= 15 is 0 Å². The Balaban J connectivity index is 1.46. The van der Waals surface area contributed by atoms with Crippen molar-refractivity contribution in [2.75, 3.05) is 27.2 Å². The highest BCUT2D eigenvalue weighted by Gasteiger charge is 2.38. The van der Waals surface area contributed by atoms with Crippen molar-refractivity contribution in [1.29, 1.82) is 0 Å². The lowest BCUT2D eigenvalue weighted by Crippen LogP contribution is -2.45. The first-order valence-electron chi connectivity index (χ1n) is 12.1. The standard InChI is InChI=1S/C25H37N5O4/c1-19(31)28-25(14-6-4-5-7-15-25)24-27-23(34-29-24)13-12-22(32)26-18-20-8-10-21(11-9-20)33-17-16-30(2)3/h8-11H,4-7,12-18H2,1-3H3,(H,26,32)(H,28,31). The summed E-state index contributed by atoms with van der Waals surface area (Å²) in [5.74, 6) is 1.57. The molecule has 34 heavy (non-hydrogen) atoms. The highest BCUT2D eigenvalue weighted by atomic mass is 16.5. The van der Waals surface area contributed by atoms with Gasteiger partial charge in [0, 0.05) is 32.9 Å². The van der Waals surface area contributed by atoms with Crippen LogP contribution in [0.3, 0.4) is 0 Å². The lowest BCUT2D eigenvalue weighted by Gasteiger charge is -2.30. The van der Waals surface area contributed by atoms with Gasteiger partial charge in [-0.15, -0.1) is 0 Å². The van der Waals surface area contributed by atoms with Crippen molar-refractivity contribution in [3.05, 3.63) is 41.5 Å². The normalized spacial score (nSPS) is 15.5. The third kappa shape index (κ3) is 7.83. The lowest BCUT2D eigenvalue weighted by molar-refractivity contribution is -0.122. The fraction of sp³-hybridized carbons (Fsp3) is 0.600. The van der Waals surface area contributed by atoms with Gasteiger partial charge in [0.2, 0.25) is 17.7 Å². The molecule has 0 atom stereocenters. The maximum atomic E-state index is 12.3. The first-order chi connectivity index (χ1) is 16.4. The van der Waals surface area contributed by atoms with Crippen LogP contribution < -0.4 is 15.4 Å². The molecule has 1 heterocycles. The number of nitrogens with zero attached hydrogens (tertiary/aromatic N) is 3. The third-order valence-electron chi connectivity index (χ3n) is 6.05. The summed E-state index contributed by atoms with van der Waals surface area (Å²) in [7, 11) is 4.01. The molecule has 1 aromatic carbocycles. The zero-order valence-corrected chi connectivity index (χ0v) is 20.6. The van der Waals surface area contributed by atoms with E-state index in [1.807, 2.05) is 38.4 Å². The minimum atomic E-state index is -0.575. The largest absolute Gasteiger partial charge is 0.492 e. The molecule has 1 fully saturated rings. The van der Waals surface area contributed by atoms with Crippen LogP contribution in [0.4, 0.5) is 0 Å². The van der Waals surface area contributed by atoms with E-state index in [1.165, 1.54) is 6.92 Å². The Morgan fingerprint density at radius 2 is 1.82 bits per heavy atom. The Hall–Kier alpha value is -2.94. The van der Waals surface area contributed by atoms with Crippen LogP contribution in [0, 0.1) is 0 Å². The van der Waals surface area contributed by atoms with Crippen molar-refractivity contribution in [3.8, 4) is 5.75 Å². The van der Waals surface area contributed by atoms with Crippen LogP contribution in [0.25, 0.3) is 0 Å². The molecule has 0 spiro atoms. The van der Waals surface area contributed by atoms with E-state index < -0.39 is 5.54 Å². The highest BCUT2D eigenvalue weighted by molar-refractivity contribution is 5.76. The van der Waals surface area contributed by atoms with Gasteiger partial charge in [-0.1, -0.05) is 43.0 Å². The van der Waals surface area contributed by atoms with E-state index in [2.05, 4.69) is 25.7 Å². The molecule has 186 valence electrons. The van der Waals surface area contributed by atoms with Crippen LogP contribution in [0.2, 0.25) is 0 Å². The van der Waals surface area contributed by atoms with Gasteiger partial charge in [0.05, 0.1) is 0 Å². The van der Waals surface area contributed by atoms with Gasteiger partial charge in [-0.25, -0.2) is 0 Å². The van der Waals surface area contributed by atoms with Gasteiger partial charge in [-0.05, 0) is 44.6 Å². The number of benzene rings is 1. The predicted octanol–water partition coefficient (Wildman–Crippen LogP) is 2.94. The lowest BCUT2D eigenvalue weighted by atomic mass is 9.89.